The zero-order valence-electron chi connectivity index (χ0n) is 9.65. The second kappa shape index (κ2) is 6.66. The van der Waals surface area contributed by atoms with Crippen molar-refractivity contribution in [1.82, 2.24) is 0 Å². The van der Waals surface area contributed by atoms with Crippen molar-refractivity contribution in [2.24, 2.45) is 0 Å². The molecule has 0 saturated heterocycles. The molecular formula is C13H17ClO2. The molecule has 16 heavy (non-hydrogen) atoms. The maximum atomic E-state index is 10.7. The summed E-state index contributed by atoms with van der Waals surface area (Å²) in [6.07, 6.45) is 0.421. The predicted molar refractivity (Wildman–Crippen MR) is 65.7 cm³/mol. The van der Waals surface area contributed by atoms with E-state index in [-0.39, 0.29) is 17.3 Å². The summed E-state index contributed by atoms with van der Waals surface area (Å²) in [7, 11) is 0. The van der Waals surface area contributed by atoms with Gasteiger partial charge in [0.25, 0.3) is 0 Å². The summed E-state index contributed by atoms with van der Waals surface area (Å²) in [5, 5.41) is 0. The molecule has 0 amide bonds. The highest BCUT2D eigenvalue weighted by Gasteiger charge is 2.16. The van der Waals surface area contributed by atoms with Crippen molar-refractivity contribution in [3.8, 4) is 0 Å². The lowest BCUT2D eigenvalue weighted by Gasteiger charge is -2.18. The van der Waals surface area contributed by atoms with Gasteiger partial charge in [0.1, 0.15) is 11.3 Å². The second-order valence-electron chi connectivity index (χ2n) is 3.87. The van der Waals surface area contributed by atoms with Crippen LogP contribution in [0.15, 0.2) is 30.3 Å². The minimum atomic E-state index is -0.387. The van der Waals surface area contributed by atoms with Crippen LogP contribution in [0.4, 0.5) is 0 Å². The number of halogens is 1. The van der Waals surface area contributed by atoms with E-state index in [1.54, 1.807) is 6.92 Å². The zero-order valence-corrected chi connectivity index (χ0v) is 10.4. The van der Waals surface area contributed by atoms with Gasteiger partial charge in [-0.15, -0.1) is 0 Å². The number of benzene rings is 1. The molecule has 3 heteroatoms. The van der Waals surface area contributed by atoms with E-state index in [1.807, 2.05) is 37.3 Å². The number of hydrogen-bond donors (Lipinski definition) is 0. The van der Waals surface area contributed by atoms with Gasteiger partial charge in [0, 0.05) is 12.3 Å². The van der Waals surface area contributed by atoms with Gasteiger partial charge in [-0.25, -0.2) is 0 Å². The summed E-state index contributed by atoms with van der Waals surface area (Å²) in [5.74, 6) is 0.242. The molecule has 0 fully saturated rings. The third-order valence-electron chi connectivity index (χ3n) is 2.45. The van der Waals surface area contributed by atoms with Crippen molar-refractivity contribution in [3.63, 3.8) is 0 Å². The van der Waals surface area contributed by atoms with Gasteiger partial charge >= 0.3 is 0 Å². The Morgan fingerprint density at radius 2 is 2.00 bits per heavy atom. The first-order valence-electron chi connectivity index (χ1n) is 5.41. The molecule has 0 bridgehead atoms. The first-order chi connectivity index (χ1) is 7.61. The van der Waals surface area contributed by atoms with E-state index in [0.29, 0.717) is 13.0 Å². The molecule has 0 heterocycles. The smallest absolute Gasteiger partial charge is 0.137 e. The fourth-order valence-corrected chi connectivity index (χ4v) is 1.60. The van der Waals surface area contributed by atoms with E-state index in [0.717, 1.165) is 5.56 Å². The summed E-state index contributed by atoms with van der Waals surface area (Å²) in [4.78, 5) is 10.7. The van der Waals surface area contributed by atoms with E-state index in [2.05, 4.69) is 0 Å². The van der Waals surface area contributed by atoms with Gasteiger partial charge in [-0.2, -0.15) is 0 Å². The summed E-state index contributed by atoms with van der Waals surface area (Å²) in [5.41, 5.74) is 0.757. The highest BCUT2D eigenvalue weighted by molar-refractivity contribution is 6.20. The lowest BCUT2D eigenvalue weighted by atomic mass is 10.0. The molecule has 1 rings (SSSR count). The first-order valence-corrected chi connectivity index (χ1v) is 5.85. The van der Waals surface area contributed by atoms with Crippen molar-refractivity contribution in [2.75, 3.05) is 6.61 Å². The SMILES string of the molecule is CC(=O)CCOC(Cl)C(C)c1ccccc1. The molecule has 1 aromatic carbocycles. The van der Waals surface area contributed by atoms with E-state index >= 15 is 0 Å². The van der Waals surface area contributed by atoms with Crippen LogP contribution in [0, 0.1) is 0 Å². The van der Waals surface area contributed by atoms with E-state index < -0.39 is 0 Å². The Labute approximate surface area is 102 Å². The van der Waals surface area contributed by atoms with Crippen LogP contribution < -0.4 is 0 Å². The highest BCUT2D eigenvalue weighted by atomic mass is 35.5. The van der Waals surface area contributed by atoms with Gasteiger partial charge in [-0.3, -0.25) is 4.79 Å². The highest BCUT2D eigenvalue weighted by Crippen LogP contribution is 2.23. The van der Waals surface area contributed by atoms with Crippen LogP contribution in [0.5, 0.6) is 0 Å². The van der Waals surface area contributed by atoms with Crippen molar-refractivity contribution < 1.29 is 9.53 Å². The molecule has 2 atom stereocenters. The molecule has 2 unspecified atom stereocenters. The van der Waals surface area contributed by atoms with Gasteiger partial charge in [-0.05, 0) is 12.5 Å². The molecule has 0 N–H and O–H groups in total. The Morgan fingerprint density at radius 1 is 1.38 bits per heavy atom. The molecule has 0 spiro atoms. The molecule has 1 aromatic rings. The van der Waals surface area contributed by atoms with Crippen molar-refractivity contribution >= 4 is 17.4 Å². The van der Waals surface area contributed by atoms with Gasteiger partial charge < -0.3 is 4.74 Å². The van der Waals surface area contributed by atoms with E-state index in [1.165, 1.54) is 0 Å². The quantitative estimate of drug-likeness (QED) is 0.713. The topological polar surface area (TPSA) is 26.3 Å². The summed E-state index contributed by atoms with van der Waals surface area (Å²) < 4.78 is 5.41. The molecule has 0 aromatic heterocycles. The van der Waals surface area contributed by atoms with Gasteiger partial charge in [0.15, 0.2) is 0 Å². The number of ether oxygens (including phenoxy) is 1. The molecule has 0 aliphatic rings. The second-order valence-corrected chi connectivity index (χ2v) is 4.30. The number of ketones is 1. The molecule has 0 saturated carbocycles. The summed E-state index contributed by atoms with van der Waals surface area (Å²) >= 11 is 6.12. The maximum Gasteiger partial charge on any atom is 0.137 e. The number of carbonyl (C=O) groups excluding carboxylic acids is 1. The molecular weight excluding hydrogens is 224 g/mol. The van der Waals surface area contributed by atoms with Gasteiger partial charge in [0.2, 0.25) is 0 Å². The Bertz CT molecular complexity index is 324. The Morgan fingerprint density at radius 3 is 2.56 bits per heavy atom. The van der Waals surface area contributed by atoms with Gasteiger partial charge in [0.05, 0.1) is 6.61 Å². The van der Waals surface area contributed by atoms with Crippen LogP contribution in [0.2, 0.25) is 0 Å². The molecule has 88 valence electrons. The predicted octanol–water partition coefficient (Wildman–Crippen LogP) is 3.35. The number of rotatable bonds is 6. The van der Waals surface area contributed by atoms with Crippen LogP contribution in [0.25, 0.3) is 0 Å². The third kappa shape index (κ3) is 4.33. The van der Waals surface area contributed by atoms with Crippen LogP contribution in [0.3, 0.4) is 0 Å². The van der Waals surface area contributed by atoms with Crippen LogP contribution >= 0.6 is 11.6 Å². The summed E-state index contributed by atoms with van der Waals surface area (Å²) in [6, 6.07) is 9.97. The van der Waals surface area contributed by atoms with E-state index in [9.17, 15) is 4.79 Å². The van der Waals surface area contributed by atoms with Crippen LogP contribution in [0.1, 0.15) is 31.7 Å². The Balaban J connectivity index is 2.42. The largest absolute Gasteiger partial charge is 0.361 e. The average Bonchev–Trinajstić information content (AvgIpc) is 2.28. The lowest BCUT2D eigenvalue weighted by Crippen LogP contribution is -2.15. The molecule has 0 radical (unpaired) electrons. The zero-order chi connectivity index (χ0) is 12.0. The molecule has 0 aliphatic heterocycles. The van der Waals surface area contributed by atoms with Crippen molar-refractivity contribution in [3.05, 3.63) is 35.9 Å². The molecule has 0 aliphatic carbocycles. The Kier molecular flexibility index (Phi) is 5.50. The monoisotopic (exact) mass is 240 g/mol. The number of Topliss-reactive ketones (excluding diaryl/α,β-unsaturated/α-hetero) is 1. The fraction of sp³-hybridized carbons (Fsp3) is 0.462. The number of carbonyl (C=O) groups is 1. The fourth-order valence-electron chi connectivity index (χ4n) is 1.37. The lowest BCUT2D eigenvalue weighted by molar-refractivity contribution is -0.118. The third-order valence-corrected chi connectivity index (χ3v) is 2.95. The standard InChI is InChI=1S/C13H17ClO2/c1-10(15)8-9-16-13(14)11(2)12-6-4-3-5-7-12/h3-7,11,13H,8-9H2,1-2H3. The van der Waals surface area contributed by atoms with E-state index in [4.69, 9.17) is 16.3 Å². The summed E-state index contributed by atoms with van der Waals surface area (Å²) in [6.45, 7) is 3.95. The minimum absolute atomic E-state index is 0.120. The number of alkyl halides is 1. The number of hydrogen-bond acceptors (Lipinski definition) is 2. The normalized spacial score (nSPS) is 14.4. The first kappa shape index (κ1) is 13.2. The van der Waals surface area contributed by atoms with Crippen LogP contribution in [-0.2, 0) is 9.53 Å². The van der Waals surface area contributed by atoms with Gasteiger partial charge in [-0.1, -0.05) is 48.9 Å². The average molecular weight is 241 g/mol. The van der Waals surface area contributed by atoms with Crippen molar-refractivity contribution in [1.29, 1.82) is 0 Å². The van der Waals surface area contributed by atoms with Crippen molar-refractivity contribution in [2.45, 2.75) is 31.7 Å². The molecule has 2 nitrogen and oxygen atoms in total. The minimum Gasteiger partial charge on any atom is -0.361 e. The maximum absolute atomic E-state index is 10.7. The Hall–Kier alpha value is -0.860. The van der Waals surface area contributed by atoms with Crippen LogP contribution in [-0.4, -0.2) is 18.0 Å².